The van der Waals surface area contributed by atoms with Crippen LogP contribution in [0.5, 0.6) is 5.75 Å². The van der Waals surface area contributed by atoms with Crippen molar-refractivity contribution < 1.29 is 27.9 Å². The molecule has 0 bridgehead atoms. The number of rotatable bonds is 10. The van der Waals surface area contributed by atoms with Gasteiger partial charge in [-0.2, -0.15) is 0 Å². The predicted molar refractivity (Wildman–Crippen MR) is 173 cm³/mol. The zero-order valence-electron chi connectivity index (χ0n) is 25.1. The molecule has 1 fully saturated rings. The topological polar surface area (TPSA) is 143 Å². The Morgan fingerprint density at radius 1 is 1.11 bits per heavy atom. The number of nitrogens with two attached hydrogens (primary N) is 1. The van der Waals surface area contributed by atoms with Crippen molar-refractivity contribution in [1.82, 2.24) is 9.88 Å². The second-order valence-electron chi connectivity index (χ2n) is 11.2. The molecule has 0 saturated carbocycles. The van der Waals surface area contributed by atoms with Gasteiger partial charge in [0.15, 0.2) is 9.84 Å². The van der Waals surface area contributed by atoms with Crippen LogP contribution in [0.25, 0.3) is 10.8 Å². The first kappa shape index (κ1) is 32.2. The molecule has 236 valence electrons. The van der Waals surface area contributed by atoms with Gasteiger partial charge in [0.25, 0.3) is 5.91 Å². The number of amides is 1. The van der Waals surface area contributed by atoms with Crippen LogP contribution < -0.4 is 15.6 Å². The molecule has 0 radical (unpaired) electrons. The van der Waals surface area contributed by atoms with E-state index in [1.165, 1.54) is 16.0 Å². The quantitative estimate of drug-likeness (QED) is 0.166. The molecule has 1 amide bonds. The summed E-state index contributed by atoms with van der Waals surface area (Å²) in [4.78, 5) is 33.0. The van der Waals surface area contributed by atoms with Gasteiger partial charge in [0.1, 0.15) is 11.8 Å². The molecule has 1 aromatic heterocycles. The van der Waals surface area contributed by atoms with Crippen molar-refractivity contribution in [1.29, 1.82) is 0 Å². The number of hydrogen-bond donors (Lipinski definition) is 2. The minimum Gasteiger partial charge on any atom is -0.492 e. The number of pyridine rings is 1. The van der Waals surface area contributed by atoms with Crippen molar-refractivity contribution in [3.63, 3.8) is 0 Å². The van der Waals surface area contributed by atoms with E-state index in [2.05, 4.69) is 4.98 Å². The van der Waals surface area contributed by atoms with E-state index in [0.29, 0.717) is 28.6 Å². The first-order valence-corrected chi connectivity index (χ1v) is 16.5. The van der Waals surface area contributed by atoms with Gasteiger partial charge in [-0.05, 0) is 80.1 Å². The first-order chi connectivity index (χ1) is 21.4. The number of hydrogen-bond acceptors (Lipinski definition) is 8. The van der Waals surface area contributed by atoms with E-state index < -0.39 is 45.0 Å². The van der Waals surface area contributed by atoms with Crippen LogP contribution in [0.4, 0.5) is 5.69 Å². The van der Waals surface area contributed by atoms with E-state index in [0.717, 1.165) is 10.8 Å². The summed E-state index contributed by atoms with van der Waals surface area (Å²) in [5, 5.41) is 12.9. The highest BCUT2D eigenvalue weighted by atomic mass is 35.5. The van der Waals surface area contributed by atoms with Crippen molar-refractivity contribution in [3.8, 4) is 5.75 Å². The number of carboxylic acids is 1. The van der Waals surface area contributed by atoms with Gasteiger partial charge in [0.2, 0.25) is 0 Å². The number of benzene rings is 3. The number of carboxylic acid groups (broad SMARTS) is 1. The maximum Gasteiger partial charge on any atom is 0.309 e. The number of aromatic nitrogens is 1. The lowest BCUT2D eigenvalue weighted by atomic mass is 9.93. The molecule has 1 aliphatic heterocycles. The van der Waals surface area contributed by atoms with Crippen molar-refractivity contribution in [2.45, 2.75) is 49.4 Å². The SMILES string of the molecule is CCOc1cc(C(C(=O)N2CCC(C(=O)O)C2c2ccccc2S(=O)(=O)C(C)C)N(N)c2ccc3cnccc3c2)ccc1Cl. The van der Waals surface area contributed by atoms with Crippen LogP contribution in [0, 0.1) is 5.92 Å². The third kappa shape index (κ3) is 6.20. The molecule has 0 spiro atoms. The smallest absolute Gasteiger partial charge is 0.309 e. The summed E-state index contributed by atoms with van der Waals surface area (Å²) in [6, 6.07) is 16.3. The molecule has 4 aromatic rings. The van der Waals surface area contributed by atoms with Gasteiger partial charge < -0.3 is 14.7 Å². The van der Waals surface area contributed by atoms with Gasteiger partial charge in [-0.3, -0.25) is 19.6 Å². The van der Waals surface area contributed by atoms with Crippen LogP contribution in [-0.2, 0) is 19.4 Å². The lowest BCUT2D eigenvalue weighted by Gasteiger charge is -2.36. The molecule has 45 heavy (non-hydrogen) atoms. The monoisotopic (exact) mass is 650 g/mol. The average Bonchev–Trinajstić information content (AvgIpc) is 3.48. The van der Waals surface area contributed by atoms with Crippen LogP contribution in [0.2, 0.25) is 5.02 Å². The molecule has 12 heteroatoms. The Morgan fingerprint density at radius 3 is 2.58 bits per heavy atom. The van der Waals surface area contributed by atoms with Crippen LogP contribution in [0.1, 0.15) is 50.4 Å². The number of carbonyl (C=O) groups excluding carboxylic acids is 1. The molecule has 5 rings (SSSR count). The Labute approximate surface area is 267 Å². The normalized spacial score (nSPS) is 17.4. The largest absolute Gasteiger partial charge is 0.492 e. The molecular weight excluding hydrogens is 616 g/mol. The van der Waals surface area contributed by atoms with Crippen LogP contribution >= 0.6 is 11.6 Å². The van der Waals surface area contributed by atoms with Crippen molar-refractivity contribution in [2.75, 3.05) is 18.2 Å². The minimum atomic E-state index is -3.81. The third-order valence-corrected chi connectivity index (χ3v) is 10.7. The molecule has 3 N–H and O–H groups in total. The van der Waals surface area contributed by atoms with Crippen LogP contribution in [0.15, 0.2) is 84.0 Å². The second kappa shape index (κ2) is 13.0. The summed E-state index contributed by atoms with van der Waals surface area (Å²) in [5.41, 5.74) is 1.25. The summed E-state index contributed by atoms with van der Waals surface area (Å²) in [6.45, 7) is 5.36. The van der Waals surface area contributed by atoms with Crippen molar-refractivity contribution in [3.05, 3.63) is 95.3 Å². The highest BCUT2D eigenvalue weighted by molar-refractivity contribution is 7.92. The number of aliphatic carboxylic acids is 1. The molecule has 3 unspecified atom stereocenters. The second-order valence-corrected chi connectivity index (χ2v) is 14.1. The summed E-state index contributed by atoms with van der Waals surface area (Å²) < 4.78 is 32.6. The Balaban J connectivity index is 1.66. The number of ether oxygens (including phenoxy) is 1. The van der Waals surface area contributed by atoms with E-state index in [4.69, 9.17) is 22.2 Å². The van der Waals surface area contributed by atoms with Gasteiger partial charge >= 0.3 is 5.97 Å². The van der Waals surface area contributed by atoms with Crippen LogP contribution in [-0.4, -0.2) is 53.7 Å². The van der Waals surface area contributed by atoms with E-state index in [9.17, 15) is 23.1 Å². The molecule has 1 saturated heterocycles. The zero-order chi connectivity index (χ0) is 32.5. The predicted octanol–water partition coefficient (Wildman–Crippen LogP) is 5.56. The molecule has 1 aliphatic rings. The number of hydrazine groups is 1. The number of anilines is 1. The van der Waals surface area contributed by atoms with E-state index >= 15 is 0 Å². The Morgan fingerprint density at radius 2 is 1.87 bits per heavy atom. The summed E-state index contributed by atoms with van der Waals surface area (Å²) in [7, 11) is -3.81. The Hall–Kier alpha value is -4.19. The van der Waals surface area contributed by atoms with Crippen molar-refractivity contribution in [2.24, 2.45) is 11.8 Å². The maximum atomic E-state index is 14.8. The lowest BCUT2D eigenvalue weighted by molar-refractivity contribution is -0.143. The van der Waals surface area contributed by atoms with Gasteiger partial charge in [0.05, 0.1) is 39.4 Å². The number of nitrogens with zero attached hydrogens (tertiary/aromatic N) is 3. The van der Waals surface area contributed by atoms with E-state index in [1.807, 2.05) is 25.1 Å². The molecule has 10 nitrogen and oxygen atoms in total. The van der Waals surface area contributed by atoms with Crippen LogP contribution in [0.3, 0.4) is 0 Å². The van der Waals surface area contributed by atoms with E-state index in [-0.39, 0.29) is 23.4 Å². The molecular formula is C33H35ClN4O6S. The number of likely N-dealkylation sites (tertiary alicyclic amines) is 1. The summed E-state index contributed by atoms with van der Waals surface area (Å²) in [6.07, 6.45) is 3.51. The fourth-order valence-electron chi connectivity index (χ4n) is 5.84. The number of sulfone groups is 1. The Kier molecular flexibility index (Phi) is 9.33. The molecule has 0 aliphatic carbocycles. The third-order valence-electron chi connectivity index (χ3n) is 8.17. The first-order valence-electron chi connectivity index (χ1n) is 14.6. The highest BCUT2D eigenvalue weighted by Gasteiger charge is 2.46. The standard InChI is InChI=1S/C33H35ClN4O6S/c1-4-44-28-18-22(10-12-27(28)34)30(38(35)24-11-9-23-19-36-15-13-21(23)17-24)32(39)37-16-14-26(33(40)41)31(37)25-7-5-6-8-29(25)45(42,43)20(2)3/h5-13,15,17-20,26,30-31H,4,14,16,35H2,1-3H3,(H,40,41). The number of fused-ring (bicyclic) bond motifs is 1. The molecule has 2 heterocycles. The summed E-state index contributed by atoms with van der Waals surface area (Å²) >= 11 is 6.40. The maximum absolute atomic E-state index is 14.8. The fourth-order valence-corrected chi connectivity index (χ4v) is 7.30. The minimum absolute atomic E-state index is 0.00497. The van der Waals surface area contributed by atoms with Gasteiger partial charge in [-0.25, -0.2) is 14.3 Å². The number of halogens is 1. The Bertz CT molecular complexity index is 1850. The van der Waals surface area contributed by atoms with Gasteiger partial charge in [-0.15, -0.1) is 0 Å². The van der Waals surface area contributed by atoms with Gasteiger partial charge in [-0.1, -0.05) is 41.9 Å². The average molecular weight is 651 g/mol. The summed E-state index contributed by atoms with van der Waals surface area (Å²) in [5.74, 6) is 4.50. The zero-order valence-corrected chi connectivity index (χ0v) is 26.7. The van der Waals surface area contributed by atoms with E-state index in [1.54, 1.807) is 68.7 Å². The highest BCUT2D eigenvalue weighted by Crippen LogP contribution is 2.43. The number of carbonyl (C=O) groups is 2. The fraction of sp³-hybridized carbons (Fsp3) is 0.303. The molecule has 3 aromatic carbocycles. The van der Waals surface area contributed by atoms with Crippen molar-refractivity contribution >= 4 is 49.8 Å². The van der Waals surface area contributed by atoms with Gasteiger partial charge in [0, 0.05) is 24.3 Å². The lowest BCUT2D eigenvalue weighted by Crippen LogP contribution is -2.47. The molecule has 3 atom stereocenters.